The molecule has 1 fully saturated rings. The quantitative estimate of drug-likeness (QED) is 0.779. The number of thioether (sulfide) groups is 1. The van der Waals surface area contributed by atoms with Crippen molar-refractivity contribution in [1.29, 1.82) is 0 Å². The van der Waals surface area contributed by atoms with E-state index in [0.29, 0.717) is 17.6 Å². The first-order valence-electron chi connectivity index (χ1n) is 5.40. The Balaban J connectivity index is 2.34. The van der Waals surface area contributed by atoms with Gasteiger partial charge in [0.25, 0.3) is 0 Å². The third-order valence-electron chi connectivity index (χ3n) is 3.17. The van der Waals surface area contributed by atoms with Gasteiger partial charge in [0.15, 0.2) is 0 Å². The first-order chi connectivity index (χ1) is 6.56. The Bertz CT molecular complexity index is 173. The van der Waals surface area contributed by atoms with E-state index in [1.807, 2.05) is 0 Å². The molecule has 0 aromatic rings. The maximum atomic E-state index is 5.24. The minimum Gasteiger partial charge on any atom is -0.380 e. The van der Waals surface area contributed by atoms with Gasteiger partial charge in [-0.15, -0.1) is 0 Å². The molecule has 1 N–H and O–H groups in total. The van der Waals surface area contributed by atoms with Crippen molar-refractivity contribution in [3.8, 4) is 0 Å². The molecule has 2 nitrogen and oxygen atoms in total. The van der Waals surface area contributed by atoms with Gasteiger partial charge in [0, 0.05) is 25.4 Å². The summed E-state index contributed by atoms with van der Waals surface area (Å²) in [6.07, 6.45) is 1.63. The summed E-state index contributed by atoms with van der Waals surface area (Å²) in [6.45, 7) is 7.80. The van der Waals surface area contributed by atoms with E-state index in [2.05, 4.69) is 37.8 Å². The highest BCUT2D eigenvalue weighted by molar-refractivity contribution is 7.99. The molecule has 14 heavy (non-hydrogen) atoms. The fourth-order valence-electron chi connectivity index (χ4n) is 1.66. The summed E-state index contributed by atoms with van der Waals surface area (Å²) >= 11 is 2.06. The Kier molecular flexibility index (Phi) is 4.74. The van der Waals surface area contributed by atoms with Crippen LogP contribution >= 0.6 is 11.8 Å². The third-order valence-corrected chi connectivity index (χ3v) is 4.23. The number of rotatable bonds is 4. The molecule has 3 heteroatoms. The molecule has 1 aliphatic rings. The van der Waals surface area contributed by atoms with Crippen molar-refractivity contribution >= 4 is 11.8 Å². The van der Waals surface area contributed by atoms with Gasteiger partial charge in [-0.05, 0) is 24.5 Å². The Morgan fingerprint density at radius 3 is 2.86 bits per heavy atom. The van der Waals surface area contributed by atoms with E-state index < -0.39 is 0 Å². The highest BCUT2D eigenvalue weighted by Gasteiger charge is 2.32. The van der Waals surface area contributed by atoms with E-state index in [-0.39, 0.29) is 0 Å². The lowest BCUT2D eigenvalue weighted by molar-refractivity contribution is 0.107. The van der Waals surface area contributed by atoms with Crippen LogP contribution in [0.3, 0.4) is 0 Å². The molecule has 0 radical (unpaired) electrons. The van der Waals surface area contributed by atoms with E-state index in [0.717, 1.165) is 6.54 Å². The lowest BCUT2D eigenvalue weighted by Gasteiger charge is -2.39. The molecule has 0 amide bonds. The first kappa shape index (κ1) is 12.3. The van der Waals surface area contributed by atoms with Crippen LogP contribution in [0.25, 0.3) is 0 Å². The average Bonchev–Trinajstić information content (AvgIpc) is 2.15. The van der Waals surface area contributed by atoms with Crippen LogP contribution in [0.5, 0.6) is 0 Å². The molecule has 0 aliphatic carbocycles. The zero-order valence-electron chi connectivity index (χ0n) is 9.80. The van der Waals surface area contributed by atoms with E-state index in [1.54, 1.807) is 7.11 Å². The van der Waals surface area contributed by atoms with Gasteiger partial charge < -0.3 is 10.1 Å². The van der Waals surface area contributed by atoms with Crippen LogP contribution in [0.15, 0.2) is 0 Å². The lowest BCUT2D eigenvalue weighted by atomic mass is 9.82. The Morgan fingerprint density at radius 1 is 1.57 bits per heavy atom. The minimum absolute atomic E-state index is 0.317. The molecular weight excluding hydrogens is 194 g/mol. The van der Waals surface area contributed by atoms with Crippen molar-refractivity contribution in [2.45, 2.75) is 39.3 Å². The molecule has 2 unspecified atom stereocenters. The number of hydrogen-bond acceptors (Lipinski definition) is 3. The summed E-state index contributed by atoms with van der Waals surface area (Å²) in [5, 5.41) is 3.62. The molecule has 0 spiro atoms. The molecule has 0 aromatic heterocycles. The molecule has 1 rings (SSSR count). The van der Waals surface area contributed by atoms with Gasteiger partial charge >= 0.3 is 0 Å². The number of methoxy groups -OCH3 is 1. The Hall–Kier alpha value is 0.270. The normalized spacial score (nSPS) is 28.7. The minimum atomic E-state index is 0.317. The van der Waals surface area contributed by atoms with Crippen LogP contribution in [0.1, 0.15) is 27.2 Å². The van der Waals surface area contributed by atoms with Crippen molar-refractivity contribution in [2.75, 3.05) is 25.2 Å². The molecule has 0 saturated carbocycles. The van der Waals surface area contributed by atoms with Crippen molar-refractivity contribution < 1.29 is 4.74 Å². The van der Waals surface area contributed by atoms with Gasteiger partial charge in [0.1, 0.15) is 0 Å². The van der Waals surface area contributed by atoms with Crippen molar-refractivity contribution in [3.05, 3.63) is 0 Å². The largest absolute Gasteiger partial charge is 0.380 e. The molecule has 1 heterocycles. The SMILES string of the molecule is COC(C)CNC1CSCCC1(C)C. The molecule has 84 valence electrons. The monoisotopic (exact) mass is 217 g/mol. The maximum absolute atomic E-state index is 5.24. The van der Waals surface area contributed by atoms with E-state index in [9.17, 15) is 0 Å². The fourth-order valence-corrected chi connectivity index (χ4v) is 3.30. The third kappa shape index (κ3) is 3.44. The molecule has 2 atom stereocenters. The zero-order valence-corrected chi connectivity index (χ0v) is 10.6. The molecule has 0 aromatic carbocycles. The summed E-state index contributed by atoms with van der Waals surface area (Å²) in [5.74, 6) is 2.55. The van der Waals surface area contributed by atoms with Gasteiger partial charge in [-0.3, -0.25) is 0 Å². The van der Waals surface area contributed by atoms with Crippen molar-refractivity contribution in [3.63, 3.8) is 0 Å². The smallest absolute Gasteiger partial charge is 0.0667 e. The first-order valence-corrected chi connectivity index (χ1v) is 6.55. The Labute approximate surface area is 92.2 Å². The lowest BCUT2D eigenvalue weighted by Crippen LogP contribution is -2.48. The number of hydrogen-bond donors (Lipinski definition) is 1. The summed E-state index contributed by atoms with van der Waals surface area (Å²) in [5.41, 5.74) is 0.443. The van der Waals surface area contributed by atoms with Crippen LogP contribution in [-0.4, -0.2) is 37.3 Å². The predicted molar refractivity (Wildman–Crippen MR) is 64.0 cm³/mol. The summed E-state index contributed by atoms with van der Waals surface area (Å²) in [7, 11) is 1.77. The van der Waals surface area contributed by atoms with Gasteiger partial charge in [0.05, 0.1) is 6.10 Å². The van der Waals surface area contributed by atoms with E-state index in [4.69, 9.17) is 4.74 Å². The van der Waals surface area contributed by atoms with Crippen LogP contribution in [-0.2, 0) is 4.74 Å². The van der Waals surface area contributed by atoms with Gasteiger partial charge in [0.2, 0.25) is 0 Å². The van der Waals surface area contributed by atoms with Gasteiger partial charge in [-0.25, -0.2) is 0 Å². The highest BCUT2D eigenvalue weighted by Crippen LogP contribution is 2.33. The second kappa shape index (κ2) is 5.38. The van der Waals surface area contributed by atoms with Crippen LogP contribution in [0.4, 0.5) is 0 Å². The van der Waals surface area contributed by atoms with Gasteiger partial charge in [-0.2, -0.15) is 11.8 Å². The Morgan fingerprint density at radius 2 is 2.29 bits per heavy atom. The van der Waals surface area contributed by atoms with Crippen molar-refractivity contribution in [1.82, 2.24) is 5.32 Å². The summed E-state index contributed by atoms with van der Waals surface area (Å²) in [4.78, 5) is 0. The van der Waals surface area contributed by atoms with Gasteiger partial charge in [-0.1, -0.05) is 13.8 Å². The molecule has 0 bridgehead atoms. The van der Waals surface area contributed by atoms with E-state index in [1.165, 1.54) is 17.9 Å². The van der Waals surface area contributed by atoms with Crippen LogP contribution < -0.4 is 5.32 Å². The fraction of sp³-hybridized carbons (Fsp3) is 1.00. The topological polar surface area (TPSA) is 21.3 Å². The highest BCUT2D eigenvalue weighted by atomic mass is 32.2. The average molecular weight is 217 g/mol. The van der Waals surface area contributed by atoms with Crippen molar-refractivity contribution in [2.24, 2.45) is 5.41 Å². The molecule has 1 saturated heterocycles. The van der Waals surface area contributed by atoms with Crippen LogP contribution in [0, 0.1) is 5.41 Å². The second-order valence-corrected chi connectivity index (χ2v) is 5.97. The van der Waals surface area contributed by atoms with E-state index >= 15 is 0 Å². The van der Waals surface area contributed by atoms with Crippen LogP contribution in [0.2, 0.25) is 0 Å². The molecular formula is C11H23NOS. The summed E-state index contributed by atoms with van der Waals surface area (Å²) in [6, 6.07) is 0.638. The standard InChI is InChI=1S/C11H23NOS/c1-9(13-4)7-12-10-8-14-6-5-11(10,2)3/h9-10,12H,5-8H2,1-4H3. The second-order valence-electron chi connectivity index (χ2n) is 4.82. The maximum Gasteiger partial charge on any atom is 0.0667 e. The summed E-state index contributed by atoms with van der Waals surface area (Å²) < 4.78 is 5.24. The molecule has 1 aliphatic heterocycles. The predicted octanol–water partition coefficient (Wildman–Crippen LogP) is 2.14. The number of nitrogens with one attached hydrogen (secondary N) is 1. The number of ether oxygens (including phenoxy) is 1. The zero-order chi connectivity index (χ0) is 10.6.